The number of hydrogen-bond donors (Lipinski definition) is 2. The number of piperidine rings is 1. The number of hydrogen-bond acceptors (Lipinski definition) is 6. The monoisotopic (exact) mass is 480 g/mol. The summed E-state index contributed by atoms with van der Waals surface area (Å²) in [6, 6.07) is 9.65. The SMILES string of the molecule is CC1(N2CCC(c3cc4cc(NC(=O)Cc5ccncc5)ncc4cc3Cl)CC2)COCC1O. The third kappa shape index (κ3) is 4.66. The second-order valence-corrected chi connectivity index (χ2v) is 9.93. The van der Waals surface area contributed by atoms with Crippen LogP contribution in [0.5, 0.6) is 0 Å². The number of halogens is 1. The molecule has 2 saturated heterocycles. The van der Waals surface area contributed by atoms with Crippen LogP contribution in [-0.4, -0.2) is 63.8 Å². The number of ether oxygens (including phenoxy) is 1. The van der Waals surface area contributed by atoms with Gasteiger partial charge in [-0.05, 0) is 85.6 Å². The van der Waals surface area contributed by atoms with Gasteiger partial charge in [-0.1, -0.05) is 11.6 Å². The minimum absolute atomic E-state index is 0.119. The van der Waals surface area contributed by atoms with Gasteiger partial charge >= 0.3 is 0 Å². The highest BCUT2D eigenvalue weighted by atomic mass is 35.5. The number of rotatable bonds is 5. The Morgan fingerprint density at radius 3 is 2.71 bits per heavy atom. The number of benzene rings is 1. The third-order valence-electron chi connectivity index (χ3n) is 7.26. The Kier molecular flexibility index (Phi) is 6.53. The number of carbonyl (C=O) groups is 1. The van der Waals surface area contributed by atoms with Gasteiger partial charge in [-0.25, -0.2) is 4.98 Å². The molecule has 0 saturated carbocycles. The molecule has 8 heteroatoms. The first-order chi connectivity index (χ1) is 16.4. The number of aliphatic hydroxyl groups is 1. The molecular formula is C26H29ClN4O3. The summed E-state index contributed by atoms with van der Waals surface area (Å²) in [6.45, 7) is 4.84. The fourth-order valence-corrected chi connectivity index (χ4v) is 5.42. The van der Waals surface area contributed by atoms with Crippen molar-refractivity contribution in [3.8, 4) is 0 Å². The lowest BCUT2D eigenvalue weighted by Crippen LogP contribution is -2.56. The van der Waals surface area contributed by atoms with Gasteiger partial charge in [0, 0.05) is 29.0 Å². The summed E-state index contributed by atoms with van der Waals surface area (Å²) in [4.78, 5) is 23.2. The van der Waals surface area contributed by atoms with Crippen LogP contribution in [0, 0.1) is 0 Å². The van der Waals surface area contributed by atoms with E-state index < -0.39 is 6.10 Å². The molecule has 1 amide bonds. The summed E-state index contributed by atoms with van der Waals surface area (Å²) in [5.74, 6) is 0.748. The lowest BCUT2D eigenvalue weighted by Gasteiger charge is -2.43. The molecule has 1 aromatic carbocycles. The van der Waals surface area contributed by atoms with Gasteiger partial charge in [0.2, 0.25) is 5.91 Å². The highest BCUT2D eigenvalue weighted by Crippen LogP contribution is 2.38. The summed E-state index contributed by atoms with van der Waals surface area (Å²) < 4.78 is 5.52. The predicted molar refractivity (Wildman–Crippen MR) is 132 cm³/mol. The van der Waals surface area contributed by atoms with Crippen molar-refractivity contribution in [3.63, 3.8) is 0 Å². The normalized spacial score (nSPS) is 23.9. The Balaban J connectivity index is 1.30. The van der Waals surface area contributed by atoms with Gasteiger partial charge in [-0.3, -0.25) is 14.7 Å². The summed E-state index contributed by atoms with van der Waals surface area (Å²) in [7, 11) is 0. The molecule has 2 N–H and O–H groups in total. The predicted octanol–water partition coefficient (Wildman–Crippen LogP) is 3.79. The van der Waals surface area contributed by atoms with Crippen molar-refractivity contribution in [2.24, 2.45) is 0 Å². The van der Waals surface area contributed by atoms with Crippen molar-refractivity contribution in [2.75, 3.05) is 31.6 Å². The lowest BCUT2D eigenvalue weighted by molar-refractivity contribution is -0.115. The maximum absolute atomic E-state index is 12.5. The van der Waals surface area contributed by atoms with Crippen LogP contribution in [0.15, 0.2) is 48.9 Å². The molecular weight excluding hydrogens is 452 g/mol. The first-order valence-corrected chi connectivity index (χ1v) is 12.1. The number of nitrogens with zero attached hydrogens (tertiary/aromatic N) is 3. The molecule has 0 radical (unpaired) electrons. The van der Waals surface area contributed by atoms with Crippen LogP contribution in [0.1, 0.15) is 36.8 Å². The molecule has 7 nitrogen and oxygen atoms in total. The van der Waals surface area contributed by atoms with E-state index in [0.29, 0.717) is 24.9 Å². The van der Waals surface area contributed by atoms with Gasteiger partial charge in [-0.2, -0.15) is 0 Å². The third-order valence-corrected chi connectivity index (χ3v) is 7.59. The number of likely N-dealkylation sites (tertiary alicyclic amines) is 1. The first-order valence-electron chi connectivity index (χ1n) is 11.7. The smallest absolute Gasteiger partial charge is 0.229 e. The number of anilines is 1. The fraction of sp³-hybridized carbons (Fsp3) is 0.423. The van der Waals surface area contributed by atoms with Crippen LogP contribution in [0.25, 0.3) is 10.8 Å². The Morgan fingerprint density at radius 2 is 2.00 bits per heavy atom. The summed E-state index contributed by atoms with van der Waals surface area (Å²) >= 11 is 6.69. The van der Waals surface area contributed by atoms with E-state index in [2.05, 4.69) is 33.2 Å². The zero-order valence-electron chi connectivity index (χ0n) is 19.2. The number of aliphatic hydroxyl groups excluding tert-OH is 1. The van der Waals surface area contributed by atoms with E-state index in [1.807, 2.05) is 24.3 Å². The van der Waals surface area contributed by atoms with Gasteiger partial charge in [0.15, 0.2) is 0 Å². The van der Waals surface area contributed by atoms with Crippen LogP contribution in [0.3, 0.4) is 0 Å². The van der Waals surface area contributed by atoms with Crippen molar-refractivity contribution in [1.82, 2.24) is 14.9 Å². The maximum Gasteiger partial charge on any atom is 0.229 e. The minimum atomic E-state index is -0.451. The highest BCUT2D eigenvalue weighted by Gasteiger charge is 2.45. The summed E-state index contributed by atoms with van der Waals surface area (Å²) in [5, 5.41) is 16.0. The fourth-order valence-electron chi connectivity index (χ4n) is 5.09. The van der Waals surface area contributed by atoms with Crippen molar-refractivity contribution < 1.29 is 14.6 Å². The number of fused-ring (bicyclic) bond motifs is 1. The molecule has 2 aliphatic heterocycles. The molecule has 5 rings (SSSR count). The van der Waals surface area contributed by atoms with E-state index in [1.54, 1.807) is 18.6 Å². The molecule has 178 valence electrons. The van der Waals surface area contributed by atoms with Crippen LogP contribution in [0.2, 0.25) is 5.02 Å². The molecule has 34 heavy (non-hydrogen) atoms. The van der Waals surface area contributed by atoms with E-state index in [4.69, 9.17) is 16.3 Å². The summed E-state index contributed by atoms with van der Waals surface area (Å²) in [6.07, 6.45) is 6.85. The van der Waals surface area contributed by atoms with Crippen LogP contribution in [-0.2, 0) is 16.0 Å². The molecule has 2 atom stereocenters. The first kappa shape index (κ1) is 23.2. The average Bonchev–Trinajstić information content (AvgIpc) is 3.18. The molecule has 2 fully saturated rings. The number of nitrogens with one attached hydrogen (secondary N) is 1. The quantitative estimate of drug-likeness (QED) is 0.577. The van der Waals surface area contributed by atoms with Gasteiger partial charge in [-0.15, -0.1) is 0 Å². The average molecular weight is 481 g/mol. The topological polar surface area (TPSA) is 87.6 Å². The minimum Gasteiger partial charge on any atom is -0.389 e. The Hall–Kier alpha value is -2.58. The molecule has 0 spiro atoms. The molecule has 0 bridgehead atoms. The molecule has 2 unspecified atom stereocenters. The molecule has 4 heterocycles. The van der Waals surface area contributed by atoms with Gasteiger partial charge in [0.1, 0.15) is 5.82 Å². The largest absolute Gasteiger partial charge is 0.389 e. The van der Waals surface area contributed by atoms with Gasteiger partial charge in [0.05, 0.1) is 31.3 Å². The Bertz CT molecular complexity index is 1180. The van der Waals surface area contributed by atoms with E-state index in [9.17, 15) is 9.90 Å². The number of aromatic nitrogens is 2. The number of pyridine rings is 2. The maximum atomic E-state index is 12.5. The van der Waals surface area contributed by atoms with Crippen molar-refractivity contribution >= 4 is 34.1 Å². The van der Waals surface area contributed by atoms with E-state index in [1.165, 1.54) is 0 Å². The number of carbonyl (C=O) groups excluding carboxylic acids is 1. The van der Waals surface area contributed by atoms with E-state index in [0.717, 1.165) is 52.9 Å². The van der Waals surface area contributed by atoms with Crippen LogP contribution < -0.4 is 5.32 Å². The highest BCUT2D eigenvalue weighted by molar-refractivity contribution is 6.32. The molecule has 0 aliphatic carbocycles. The zero-order chi connectivity index (χ0) is 23.7. The standard InChI is InChI=1S/C26H29ClN4O3/c1-26(16-34-15-23(26)32)31-8-4-18(5-9-31)21-11-19-13-24(29-14-20(19)12-22(21)27)30-25(33)10-17-2-6-28-7-3-17/h2-3,6-7,11-14,18,23,32H,4-5,8-10,15-16H2,1H3,(H,29,30,33). The van der Waals surface area contributed by atoms with Crippen molar-refractivity contribution in [1.29, 1.82) is 0 Å². The van der Waals surface area contributed by atoms with Crippen LogP contribution in [0.4, 0.5) is 5.82 Å². The second-order valence-electron chi connectivity index (χ2n) is 9.52. The molecule has 3 aromatic rings. The van der Waals surface area contributed by atoms with Gasteiger partial charge in [0.25, 0.3) is 0 Å². The second kappa shape index (κ2) is 9.58. The summed E-state index contributed by atoms with van der Waals surface area (Å²) in [5.41, 5.74) is 1.72. The molecule has 2 aromatic heterocycles. The lowest BCUT2D eigenvalue weighted by atomic mass is 9.85. The van der Waals surface area contributed by atoms with E-state index >= 15 is 0 Å². The van der Waals surface area contributed by atoms with Crippen LogP contribution >= 0.6 is 11.6 Å². The Labute approximate surface area is 204 Å². The Morgan fingerprint density at radius 1 is 1.24 bits per heavy atom. The number of amides is 1. The van der Waals surface area contributed by atoms with Gasteiger partial charge < -0.3 is 15.2 Å². The zero-order valence-corrected chi connectivity index (χ0v) is 20.0. The molecule has 2 aliphatic rings. The van der Waals surface area contributed by atoms with Crippen molar-refractivity contribution in [3.05, 3.63) is 65.1 Å². The van der Waals surface area contributed by atoms with E-state index in [-0.39, 0.29) is 17.9 Å². The van der Waals surface area contributed by atoms with Crippen molar-refractivity contribution in [2.45, 2.75) is 43.7 Å².